The minimum atomic E-state index is -0.653. The molecule has 0 aromatic heterocycles. The lowest BCUT2D eigenvalue weighted by atomic mass is 9.85. The Hall–Kier alpha value is -1.33. The van der Waals surface area contributed by atoms with E-state index in [2.05, 4.69) is 0 Å². The zero-order valence-electron chi connectivity index (χ0n) is 10.2. The Bertz CT molecular complexity index is 651. The molecule has 0 N–H and O–H groups in total. The van der Waals surface area contributed by atoms with Crippen molar-refractivity contribution in [3.8, 4) is 0 Å². The third-order valence-electron chi connectivity index (χ3n) is 3.08. The van der Waals surface area contributed by atoms with Gasteiger partial charge >= 0.3 is 0 Å². The van der Waals surface area contributed by atoms with Crippen molar-refractivity contribution >= 4 is 40.9 Å². The molecule has 19 heavy (non-hydrogen) atoms. The van der Waals surface area contributed by atoms with Gasteiger partial charge in [-0.15, -0.1) is 23.5 Å². The number of rotatable bonds is 0. The SMILES string of the molecule is Cc1ccc2c(c1)C(=O)C(=O)C(=C1SCCS1)C2=O. The summed E-state index contributed by atoms with van der Waals surface area (Å²) in [5.74, 6) is 0.225. The Morgan fingerprint density at radius 3 is 2.26 bits per heavy atom. The number of benzene rings is 1. The van der Waals surface area contributed by atoms with Crippen LogP contribution >= 0.6 is 23.5 Å². The monoisotopic (exact) mass is 290 g/mol. The number of carbonyl (C=O) groups excluding carboxylic acids is 3. The summed E-state index contributed by atoms with van der Waals surface area (Å²) in [6.07, 6.45) is 0. The van der Waals surface area contributed by atoms with Gasteiger partial charge in [0.05, 0.1) is 9.81 Å². The highest BCUT2D eigenvalue weighted by molar-refractivity contribution is 8.25. The van der Waals surface area contributed by atoms with Crippen molar-refractivity contribution in [2.45, 2.75) is 6.92 Å². The number of hydrogen-bond acceptors (Lipinski definition) is 5. The summed E-state index contributed by atoms with van der Waals surface area (Å²) in [5.41, 5.74) is 1.54. The van der Waals surface area contributed by atoms with Crippen molar-refractivity contribution in [2.24, 2.45) is 0 Å². The van der Waals surface area contributed by atoms with Crippen molar-refractivity contribution in [3.63, 3.8) is 0 Å². The molecule has 3 nitrogen and oxygen atoms in total. The maximum Gasteiger partial charge on any atom is 0.239 e. The second kappa shape index (κ2) is 4.65. The normalized spacial score (nSPS) is 19.1. The largest absolute Gasteiger partial charge is 0.288 e. The quantitative estimate of drug-likeness (QED) is 0.418. The molecule has 96 valence electrons. The predicted molar refractivity (Wildman–Crippen MR) is 76.8 cm³/mol. The van der Waals surface area contributed by atoms with E-state index in [4.69, 9.17) is 0 Å². The molecule has 1 aromatic carbocycles. The van der Waals surface area contributed by atoms with E-state index in [1.807, 2.05) is 6.92 Å². The number of ketones is 3. The molecule has 0 unspecified atom stereocenters. The van der Waals surface area contributed by atoms with Gasteiger partial charge in [-0.25, -0.2) is 0 Å². The number of hydrogen-bond donors (Lipinski definition) is 0. The van der Waals surface area contributed by atoms with Crippen LogP contribution in [0.3, 0.4) is 0 Å². The number of carbonyl (C=O) groups is 3. The minimum Gasteiger partial charge on any atom is -0.288 e. The Labute approximate surface area is 118 Å². The Morgan fingerprint density at radius 1 is 0.895 bits per heavy atom. The third kappa shape index (κ3) is 1.97. The lowest BCUT2D eigenvalue weighted by Gasteiger charge is -2.17. The summed E-state index contributed by atoms with van der Waals surface area (Å²) in [6.45, 7) is 1.83. The van der Waals surface area contributed by atoms with Crippen LogP contribution in [0.4, 0.5) is 0 Å². The topological polar surface area (TPSA) is 51.2 Å². The first kappa shape index (κ1) is 12.7. The van der Waals surface area contributed by atoms with Crippen LogP contribution in [0.5, 0.6) is 0 Å². The lowest BCUT2D eigenvalue weighted by Crippen LogP contribution is -2.30. The van der Waals surface area contributed by atoms with Crippen LogP contribution in [0.1, 0.15) is 26.3 Å². The van der Waals surface area contributed by atoms with Gasteiger partial charge in [0.15, 0.2) is 5.78 Å². The van der Waals surface area contributed by atoms with Gasteiger partial charge in [0.2, 0.25) is 11.6 Å². The maximum atomic E-state index is 12.4. The van der Waals surface area contributed by atoms with E-state index < -0.39 is 11.6 Å². The van der Waals surface area contributed by atoms with Crippen LogP contribution < -0.4 is 0 Å². The summed E-state index contributed by atoms with van der Waals surface area (Å²) >= 11 is 2.97. The molecule has 5 heteroatoms. The van der Waals surface area contributed by atoms with E-state index in [0.29, 0.717) is 9.80 Å². The Morgan fingerprint density at radius 2 is 1.58 bits per heavy atom. The molecule has 0 saturated carbocycles. The molecule has 2 aliphatic rings. The van der Waals surface area contributed by atoms with E-state index in [1.165, 1.54) is 23.5 Å². The molecule has 0 amide bonds. The zero-order chi connectivity index (χ0) is 13.6. The summed E-state index contributed by atoms with van der Waals surface area (Å²) < 4.78 is 0.703. The van der Waals surface area contributed by atoms with Gasteiger partial charge in [-0.1, -0.05) is 17.7 Å². The van der Waals surface area contributed by atoms with Crippen LogP contribution in [0.15, 0.2) is 28.0 Å². The van der Waals surface area contributed by atoms with Crippen molar-refractivity contribution in [3.05, 3.63) is 44.7 Å². The first-order valence-corrected chi connectivity index (χ1v) is 7.81. The fourth-order valence-electron chi connectivity index (χ4n) is 2.16. The van der Waals surface area contributed by atoms with E-state index in [1.54, 1.807) is 18.2 Å². The van der Waals surface area contributed by atoms with Gasteiger partial charge in [0.1, 0.15) is 0 Å². The molecule has 3 rings (SSSR count). The number of allylic oxidation sites excluding steroid dienone is 1. The highest BCUT2D eigenvalue weighted by atomic mass is 32.2. The van der Waals surface area contributed by atoms with Crippen molar-refractivity contribution in [2.75, 3.05) is 11.5 Å². The molecule has 1 heterocycles. The van der Waals surface area contributed by atoms with Gasteiger partial charge in [-0.05, 0) is 13.0 Å². The van der Waals surface area contributed by atoms with Crippen LogP contribution in [-0.2, 0) is 4.79 Å². The summed E-state index contributed by atoms with van der Waals surface area (Å²) in [6, 6.07) is 5.04. The maximum absolute atomic E-state index is 12.4. The molecule has 0 spiro atoms. The zero-order valence-corrected chi connectivity index (χ0v) is 11.8. The average molecular weight is 290 g/mol. The van der Waals surface area contributed by atoms with Crippen molar-refractivity contribution < 1.29 is 14.4 Å². The molecule has 1 fully saturated rings. The third-order valence-corrected chi connectivity index (χ3v) is 5.79. The first-order chi connectivity index (χ1) is 9.09. The molecule has 0 bridgehead atoms. The van der Waals surface area contributed by atoms with Gasteiger partial charge in [0, 0.05) is 22.6 Å². The van der Waals surface area contributed by atoms with Gasteiger partial charge < -0.3 is 0 Å². The van der Waals surface area contributed by atoms with Gasteiger partial charge in [-0.2, -0.15) is 0 Å². The summed E-state index contributed by atoms with van der Waals surface area (Å²) in [7, 11) is 0. The molecule has 0 radical (unpaired) electrons. The van der Waals surface area contributed by atoms with E-state index in [-0.39, 0.29) is 16.9 Å². The van der Waals surface area contributed by atoms with Crippen LogP contribution in [0, 0.1) is 6.92 Å². The number of thioether (sulfide) groups is 2. The highest BCUT2D eigenvalue weighted by Gasteiger charge is 2.38. The van der Waals surface area contributed by atoms with Gasteiger partial charge in [0.25, 0.3) is 0 Å². The highest BCUT2D eigenvalue weighted by Crippen LogP contribution is 2.41. The Balaban J connectivity index is 2.22. The molecular weight excluding hydrogens is 280 g/mol. The smallest absolute Gasteiger partial charge is 0.239 e. The first-order valence-electron chi connectivity index (χ1n) is 5.84. The Kier molecular flexibility index (Phi) is 3.11. The van der Waals surface area contributed by atoms with Crippen molar-refractivity contribution in [1.29, 1.82) is 0 Å². The van der Waals surface area contributed by atoms with E-state index in [9.17, 15) is 14.4 Å². The fourth-order valence-corrected chi connectivity index (χ4v) is 4.69. The van der Waals surface area contributed by atoms with Crippen LogP contribution in [-0.4, -0.2) is 28.9 Å². The number of fused-ring (bicyclic) bond motifs is 1. The van der Waals surface area contributed by atoms with E-state index >= 15 is 0 Å². The van der Waals surface area contributed by atoms with E-state index in [0.717, 1.165) is 17.1 Å². The van der Waals surface area contributed by atoms with Gasteiger partial charge in [-0.3, -0.25) is 14.4 Å². The minimum absolute atomic E-state index is 0.0776. The second-order valence-corrected chi connectivity index (χ2v) is 6.86. The number of aryl methyl sites for hydroxylation is 1. The van der Waals surface area contributed by atoms with Crippen LogP contribution in [0.25, 0.3) is 0 Å². The standard InChI is InChI=1S/C14H10O3S2/c1-7-2-3-8-9(6-7)12(16)13(17)10(11(8)15)14-18-4-5-19-14/h2-3,6H,4-5H2,1H3. The summed E-state index contributed by atoms with van der Waals surface area (Å²) in [5, 5.41) is 0. The molecule has 1 saturated heterocycles. The lowest BCUT2D eigenvalue weighted by molar-refractivity contribution is -0.111. The predicted octanol–water partition coefficient (Wildman–Crippen LogP) is 2.63. The second-order valence-electron chi connectivity index (χ2n) is 4.40. The molecule has 1 aliphatic heterocycles. The average Bonchev–Trinajstić information content (AvgIpc) is 2.90. The molecular formula is C14H10O3S2. The van der Waals surface area contributed by atoms with Crippen LogP contribution in [0.2, 0.25) is 0 Å². The van der Waals surface area contributed by atoms with Crippen molar-refractivity contribution in [1.82, 2.24) is 0 Å². The molecule has 1 aromatic rings. The molecule has 1 aliphatic carbocycles. The molecule has 0 atom stereocenters. The summed E-state index contributed by atoms with van der Waals surface area (Å²) in [4.78, 5) is 36.7. The number of Topliss-reactive ketones (excluding diaryl/α,β-unsaturated/α-hetero) is 3. The fraction of sp³-hybridized carbons (Fsp3) is 0.214.